The Balaban J connectivity index is 3.23. The predicted octanol–water partition coefficient (Wildman–Crippen LogP) is 2.71. The average Bonchev–Trinajstić information content (AvgIpc) is 2.38. The minimum atomic E-state index is -0.536. The van der Waals surface area contributed by atoms with Gasteiger partial charge in [-0.3, -0.25) is 15.5 Å². The van der Waals surface area contributed by atoms with Gasteiger partial charge < -0.3 is 0 Å². The van der Waals surface area contributed by atoms with Gasteiger partial charge in [-0.1, -0.05) is 26.8 Å². The van der Waals surface area contributed by atoms with E-state index in [0.717, 1.165) is 5.56 Å². The van der Waals surface area contributed by atoms with Crippen LogP contribution in [0.2, 0.25) is 0 Å². The van der Waals surface area contributed by atoms with E-state index in [0.29, 0.717) is 0 Å². The molecular formula is C13H13N5O2. The Kier molecular flexibility index (Phi) is 4.39. The lowest BCUT2D eigenvalue weighted by atomic mass is 9.86. The highest BCUT2D eigenvalue weighted by Crippen LogP contribution is 2.31. The van der Waals surface area contributed by atoms with Crippen LogP contribution >= 0.6 is 0 Å². The van der Waals surface area contributed by atoms with Crippen molar-refractivity contribution in [3.8, 4) is 12.1 Å². The molecule has 0 unspecified atom stereocenters. The van der Waals surface area contributed by atoms with Gasteiger partial charge in [-0.2, -0.15) is 15.6 Å². The van der Waals surface area contributed by atoms with Crippen LogP contribution in [0, 0.1) is 32.8 Å². The fourth-order valence-corrected chi connectivity index (χ4v) is 1.43. The molecule has 7 heteroatoms. The molecule has 0 saturated heterocycles. The van der Waals surface area contributed by atoms with Crippen LogP contribution in [0.25, 0.3) is 0 Å². The third kappa shape index (κ3) is 3.53. The van der Waals surface area contributed by atoms with Crippen molar-refractivity contribution in [2.75, 3.05) is 5.43 Å². The average molecular weight is 271 g/mol. The van der Waals surface area contributed by atoms with E-state index in [1.54, 1.807) is 18.2 Å². The zero-order chi connectivity index (χ0) is 15.3. The molecule has 0 bridgehead atoms. The van der Waals surface area contributed by atoms with E-state index in [-0.39, 0.29) is 16.8 Å². The highest BCUT2D eigenvalue weighted by Gasteiger charge is 2.20. The highest BCUT2D eigenvalue weighted by molar-refractivity contribution is 6.10. The summed E-state index contributed by atoms with van der Waals surface area (Å²) in [6.07, 6.45) is 0. The molecule has 0 saturated carbocycles. The molecule has 0 aliphatic rings. The molecule has 0 spiro atoms. The first-order chi connectivity index (χ1) is 9.29. The molecule has 0 aromatic heterocycles. The number of nitriles is 2. The van der Waals surface area contributed by atoms with Gasteiger partial charge in [0.15, 0.2) is 0 Å². The number of nitro benzene ring substituents is 1. The number of nitrogens with one attached hydrogen (secondary N) is 1. The van der Waals surface area contributed by atoms with Crippen molar-refractivity contribution in [1.29, 1.82) is 10.5 Å². The summed E-state index contributed by atoms with van der Waals surface area (Å²) in [7, 11) is 0. The van der Waals surface area contributed by atoms with Crippen LogP contribution in [-0.4, -0.2) is 10.6 Å². The van der Waals surface area contributed by atoms with Gasteiger partial charge in [0, 0.05) is 6.07 Å². The normalized spacial score (nSPS) is 10.1. The topological polar surface area (TPSA) is 115 Å². The van der Waals surface area contributed by atoms with Crippen LogP contribution in [0.4, 0.5) is 11.4 Å². The number of rotatable bonds is 3. The summed E-state index contributed by atoms with van der Waals surface area (Å²) in [6.45, 7) is 5.84. The molecule has 0 aliphatic heterocycles. The summed E-state index contributed by atoms with van der Waals surface area (Å²) in [5.74, 6) is 0. The van der Waals surface area contributed by atoms with Gasteiger partial charge in [0.2, 0.25) is 5.71 Å². The Morgan fingerprint density at radius 1 is 1.35 bits per heavy atom. The van der Waals surface area contributed by atoms with Gasteiger partial charge >= 0.3 is 0 Å². The smallest absolute Gasteiger partial charge is 0.270 e. The van der Waals surface area contributed by atoms with Gasteiger partial charge in [0.1, 0.15) is 17.8 Å². The van der Waals surface area contributed by atoms with Crippen molar-refractivity contribution < 1.29 is 4.92 Å². The third-order valence-corrected chi connectivity index (χ3v) is 2.56. The van der Waals surface area contributed by atoms with Crippen LogP contribution in [0.15, 0.2) is 23.3 Å². The van der Waals surface area contributed by atoms with E-state index in [2.05, 4.69) is 10.5 Å². The number of nitrogens with zero attached hydrogens (tertiary/aromatic N) is 4. The standard InChI is InChI=1S/C13H13N5O2/c1-13(2,3)9-4-5-11(12(6-9)18(19)20)17-16-10(7-14)8-15/h4-6,17H,1-3H3. The molecule has 1 aromatic carbocycles. The lowest BCUT2D eigenvalue weighted by Gasteiger charge is -2.19. The minimum Gasteiger partial charge on any atom is -0.270 e. The molecule has 0 fully saturated rings. The van der Waals surface area contributed by atoms with Crippen molar-refractivity contribution >= 4 is 17.1 Å². The summed E-state index contributed by atoms with van der Waals surface area (Å²) in [5, 5.41) is 31.7. The Bertz CT molecular complexity index is 628. The number of hydrogen-bond donors (Lipinski definition) is 1. The Morgan fingerprint density at radius 2 is 1.95 bits per heavy atom. The molecule has 0 heterocycles. The molecule has 0 aliphatic carbocycles. The first-order valence-electron chi connectivity index (χ1n) is 5.72. The van der Waals surface area contributed by atoms with Crippen molar-refractivity contribution in [2.45, 2.75) is 26.2 Å². The second kappa shape index (κ2) is 5.81. The summed E-state index contributed by atoms with van der Waals surface area (Å²) in [5.41, 5.74) is 2.53. The van der Waals surface area contributed by atoms with E-state index in [4.69, 9.17) is 10.5 Å². The van der Waals surface area contributed by atoms with E-state index in [9.17, 15) is 10.1 Å². The van der Waals surface area contributed by atoms with Crippen molar-refractivity contribution in [3.63, 3.8) is 0 Å². The lowest BCUT2D eigenvalue weighted by Crippen LogP contribution is -2.12. The van der Waals surface area contributed by atoms with Crippen LogP contribution in [0.5, 0.6) is 0 Å². The van der Waals surface area contributed by atoms with Crippen molar-refractivity contribution in [1.82, 2.24) is 0 Å². The van der Waals surface area contributed by atoms with E-state index in [1.807, 2.05) is 20.8 Å². The highest BCUT2D eigenvalue weighted by atomic mass is 16.6. The molecule has 20 heavy (non-hydrogen) atoms. The van der Waals surface area contributed by atoms with Gasteiger partial charge in [-0.15, -0.1) is 0 Å². The number of nitro groups is 1. The number of anilines is 1. The molecular weight excluding hydrogens is 258 g/mol. The Labute approximate surface area is 116 Å². The van der Waals surface area contributed by atoms with Crippen LogP contribution in [0.1, 0.15) is 26.3 Å². The molecule has 0 atom stereocenters. The largest absolute Gasteiger partial charge is 0.294 e. The minimum absolute atomic E-state index is 0.131. The lowest BCUT2D eigenvalue weighted by molar-refractivity contribution is -0.384. The Hall–Kier alpha value is -2.93. The van der Waals surface area contributed by atoms with Gasteiger partial charge in [-0.25, -0.2) is 0 Å². The maximum absolute atomic E-state index is 11.1. The molecule has 1 aromatic rings. The van der Waals surface area contributed by atoms with Crippen LogP contribution < -0.4 is 5.43 Å². The molecule has 102 valence electrons. The predicted molar refractivity (Wildman–Crippen MR) is 74.1 cm³/mol. The third-order valence-electron chi connectivity index (χ3n) is 2.56. The van der Waals surface area contributed by atoms with E-state index >= 15 is 0 Å². The van der Waals surface area contributed by atoms with Crippen molar-refractivity contribution in [2.24, 2.45) is 5.10 Å². The van der Waals surface area contributed by atoms with Gasteiger partial charge in [0.05, 0.1) is 4.92 Å². The van der Waals surface area contributed by atoms with Crippen LogP contribution in [0.3, 0.4) is 0 Å². The number of hydrazone groups is 1. The van der Waals surface area contributed by atoms with Crippen LogP contribution in [-0.2, 0) is 5.41 Å². The fraction of sp³-hybridized carbons (Fsp3) is 0.308. The van der Waals surface area contributed by atoms with E-state index < -0.39 is 10.6 Å². The second-order valence-electron chi connectivity index (χ2n) is 5.03. The first-order valence-corrected chi connectivity index (χ1v) is 5.72. The Morgan fingerprint density at radius 3 is 2.40 bits per heavy atom. The fourth-order valence-electron chi connectivity index (χ4n) is 1.43. The zero-order valence-electron chi connectivity index (χ0n) is 11.3. The number of benzene rings is 1. The first kappa shape index (κ1) is 15.1. The number of hydrogen-bond acceptors (Lipinski definition) is 6. The van der Waals surface area contributed by atoms with E-state index in [1.165, 1.54) is 12.1 Å². The monoisotopic (exact) mass is 271 g/mol. The van der Waals surface area contributed by atoms with Gasteiger partial charge in [0.25, 0.3) is 5.69 Å². The van der Waals surface area contributed by atoms with Gasteiger partial charge in [-0.05, 0) is 17.0 Å². The summed E-state index contributed by atoms with van der Waals surface area (Å²) < 4.78 is 0. The molecule has 1 N–H and O–H groups in total. The second-order valence-corrected chi connectivity index (χ2v) is 5.03. The maximum Gasteiger partial charge on any atom is 0.294 e. The van der Waals surface area contributed by atoms with Crippen molar-refractivity contribution in [3.05, 3.63) is 33.9 Å². The molecule has 1 rings (SSSR count). The summed E-state index contributed by atoms with van der Waals surface area (Å²) in [4.78, 5) is 10.5. The molecule has 0 amide bonds. The maximum atomic E-state index is 11.1. The molecule has 7 nitrogen and oxygen atoms in total. The quantitative estimate of drug-likeness (QED) is 0.515. The summed E-state index contributed by atoms with van der Waals surface area (Å²) >= 11 is 0. The summed E-state index contributed by atoms with van der Waals surface area (Å²) in [6, 6.07) is 7.83. The SMILES string of the molecule is CC(C)(C)c1ccc(NN=C(C#N)C#N)c([N+](=O)[O-])c1. The molecule has 0 radical (unpaired) electrons. The zero-order valence-corrected chi connectivity index (χ0v) is 11.3.